The second-order valence-electron chi connectivity index (χ2n) is 7.92. The van der Waals surface area contributed by atoms with Gasteiger partial charge >= 0.3 is 0 Å². The van der Waals surface area contributed by atoms with Crippen molar-refractivity contribution in [1.29, 1.82) is 0 Å². The molecule has 154 valence electrons. The van der Waals surface area contributed by atoms with E-state index in [1.807, 2.05) is 0 Å². The molecule has 6 heteroatoms. The van der Waals surface area contributed by atoms with Crippen molar-refractivity contribution < 1.29 is 9.53 Å². The number of hydrogen-bond donors (Lipinski definition) is 2. The summed E-state index contributed by atoms with van der Waals surface area (Å²) in [4.78, 5) is 18.7. The van der Waals surface area contributed by atoms with Crippen LogP contribution in [0.3, 0.4) is 0 Å². The average molecular weight is 406 g/mol. The summed E-state index contributed by atoms with van der Waals surface area (Å²) in [6.07, 6.45) is 9.63. The number of ether oxygens (including phenoxy) is 1. The highest BCUT2D eigenvalue weighted by atomic mass is 35.5. The van der Waals surface area contributed by atoms with Gasteiger partial charge in [0.1, 0.15) is 0 Å². The molecule has 2 aliphatic rings. The van der Waals surface area contributed by atoms with Crippen LogP contribution < -0.4 is 5.32 Å². The van der Waals surface area contributed by atoms with Crippen LogP contribution in [0.5, 0.6) is 0 Å². The van der Waals surface area contributed by atoms with Crippen molar-refractivity contribution in [3.05, 3.63) is 36.0 Å². The standard InChI is InChI=1S/C22H31N3O2.ClH/c26-22(14-18-16-27-13-11-23-18)25(19-6-2-1-3-7-19)12-10-17-15-24-21-9-5-4-8-20(17)21;/h4-5,8-9,15,18-19,23-24H,1-3,6-7,10-14,16H2;1H. The summed E-state index contributed by atoms with van der Waals surface area (Å²) in [6.45, 7) is 3.04. The first-order valence-corrected chi connectivity index (χ1v) is 10.5. The summed E-state index contributed by atoms with van der Waals surface area (Å²) in [5.74, 6) is 0.282. The Balaban J connectivity index is 0.00000225. The maximum atomic E-state index is 13.2. The van der Waals surface area contributed by atoms with Crippen molar-refractivity contribution in [3.8, 4) is 0 Å². The molecule has 2 heterocycles. The minimum Gasteiger partial charge on any atom is -0.378 e. The molecule has 1 aliphatic heterocycles. The Hall–Kier alpha value is -1.56. The largest absolute Gasteiger partial charge is 0.378 e. The summed E-state index contributed by atoms with van der Waals surface area (Å²) < 4.78 is 5.54. The summed E-state index contributed by atoms with van der Waals surface area (Å²) in [5.41, 5.74) is 2.48. The molecule has 2 N–H and O–H groups in total. The summed E-state index contributed by atoms with van der Waals surface area (Å²) in [6, 6.07) is 8.97. The number of fused-ring (bicyclic) bond motifs is 1. The van der Waals surface area contributed by atoms with E-state index in [-0.39, 0.29) is 24.4 Å². The van der Waals surface area contributed by atoms with E-state index in [0.717, 1.165) is 39.0 Å². The molecule has 1 atom stereocenters. The number of morpholine rings is 1. The number of carbonyl (C=O) groups excluding carboxylic acids is 1. The first kappa shape index (κ1) is 21.2. The predicted octanol–water partition coefficient (Wildman–Crippen LogP) is 3.67. The lowest BCUT2D eigenvalue weighted by Crippen LogP contribution is -2.48. The third-order valence-corrected chi connectivity index (χ3v) is 6.05. The highest BCUT2D eigenvalue weighted by Gasteiger charge is 2.27. The third kappa shape index (κ3) is 5.07. The zero-order valence-corrected chi connectivity index (χ0v) is 17.3. The van der Waals surface area contributed by atoms with E-state index < -0.39 is 0 Å². The predicted molar refractivity (Wildman–Crippen MR) is 115 cm³/mol. The molecule has 1 unspecified atom stereocenters. The van der Waals surface area contributed by atoms with Gasteiger partial charge in [0.05, 0.1) is 13.2 Å². The Bertz CT molecular complexity index is 751. The molecule has 1 saturated heterocycles. The molecule has 2 fully saturated rings. The number of hydrogen-bond acceptors (Lipinski definition) is 3. The molecule has 4 rings (SSSR count). The van der Waals surface area contributed by atoms with Crippen LogP contribution in [0.2, 0.25) is 0 Å². The van der Waals surface area contributed by atoms with Crippen LogP contribution in [-0.2, 0) is 16.0 Å². The van der Waals surface area contributed by atoms with E-state index >= 15 is 0 Å². The van der Waals surface area contributed by atoms with E-state index in [1.165, 1.54) is 35.7 Å². The Labute approximate surface area is 173 Å². The fourth-order valence-corrected chi connectivity index (χ4v) is 4.56. The molecular formula is C22H32ClN3O2. The van der Waals surface area contributed by atoms with Gasteiger partial charge in [-0.3, -0.25) is 4.79 Å². The van der Waals surface area contributed by atoms with Gasteiger partial charge in [0.2, 0.25) is 5.91 Å². The molecular weight excluding hydrogens is 374 g/mol. The Morgan fingerprint density at radius 1 is 1.18 bits per heavy atom. The fraction of sp³-hybridized carbons (Fsp3) is 0.591. The smallest absolute Gasteiger partial charge is 0.224 e. The van der Waals surface area contributed by atoms with E-state index in [4.69, 9.17) is 4.74 Å². The number of nitrogens with one attached hydrogen (secondary N) is 2. The number of carbonyl (C=O) groups is 1. The zero-order chi connectivity index (χ0) is 18.5. The minimum atomic E-state index is 0. The molecule has 1 aliphatic carbocycles. The lowest BCUT2D eigenvalue weighted by molar-refractivity contribution is -0.135. The van der Waals surface area contributed by atoms with Crippen molar-refractivity contribution >= 4 is 29.2 Å². The van der Waals surface area contributed by atoms with E-state index in [2.05, 4.69) is 45.7 Å². The number of nitrogens with zero attached hydrogens (tertiary/aromatic N) is 1. The number of H-pyrrole nitrogens is 1. The number of benzene rings is 1. The van der Waals surface area contributed by atoms with Gasteiger partial charge in [-0.2, -0.15) is 0 Å². The van der Waals surface area contributed by atoms with Gasteiger partial charge in [-0.25, -0.2) is 0 Å². The van der Waals surface area contributed by atoms with Gasteiger partial charge in [0.15, 0.2) is 0 Å². The Morgan fingerprint density at radius 2 is 2.00 bits per heavy atom. The molecule has 5 nitrogen and oxygen atoms in total. The number of rotatable bonds is 6. The maximum Gasteiger partial charge on any atom is 0.224 e. The van der Waals surface area contributed by atoms with E-state index in [0.29, 0.717) is 19.1 Å². The normalized spacial score (nSPS) is 20.6. The van der Waals surface area contributed by atoms with Crippen molar-refractivity contribution in [2.24, 2.45) is 0 Å². The summed E-state index contributed by atoms with van der Waals surface area (Å²) in [7, 11) is 0. The van der Waals surface area contributed by atoms with Crippen LogP contribution >= 0.6 is 12.4 Å². The van der Waals surface area contributed by atoms with Crippen molar-refractivity contribution in [2.75, 3.05) is 26.3 Å². The minimum absolute atomic E-state index is 0. The van der Waals surface area contributed by atoms with Gasteiger partial charge in [-0.15, -0.1) is 12.4 Å². The van der Waals surface area contributed by atoms with Gasteiger partial charge in [0, 0.05) is 48.7 Å². The SMILES string of the molecule is Cl.O=C(CC1COCCN1)N(CCc1c[nH]c2ccccc12)C1CCCCC1. The lowest BCUT2D eigenvalue weighted by Gasteiger charge is -2.36. The van der Waals surface area contributed by atoms with Crippen molar-refractivity contribution in [1.82, 2.24) is 15.2 Å². The number of halogens is 1. The van der Waals surface area contributed by atoms with E-state index in [1.54, 1.807) is 0 Å². The molecule has 28 heavy (non-hydrogen) atoms. The third-order valence-electron chi connectivity index (χ3n) is 6.05. The Kier molecular flexibility index (Phi) is 7.77. The number of aromatic nitrogens is 1. The van der Waals surface area contributed by atoms with Crippen molar-refractivity contribution in [2.45, 2.75) is 57.0 Å². The topological polar surface area (TPSA) is 57.4 Å². The average Bonchev–Trinajstić information content (AvgIpc) is 3.13. The molecule has 1 aromatic heterocycles. The van der Waals surface area contributed by atoms with Gasteiger partial charge in [-0.05, 0) is 30.9 Å². The van der Waals surface area contributed by atoms with E-state index in [9.17, 15) is 4.79 Å². The van der Waals surface area contributed by atoms with Crippen LogP contribution in [0.25, 0.3) is 10.9 Å². The molecule has 0 bridgehead atoms. The number of amides is 1. The van der Waals surface area contributed by atoms with Crippen LogP contribution in [0.4, 0.5) is 0 Å². The molecule has 1 amide bonds. The van der Waals surface area contributed by atoms with Crippen LogP contribution in [-0.4, -0.2) is 54.2 Å². The maximum absolute atomic E-state index is 13.2. The molecule has 2 aromatic rings. The monoisotopic (exact) mass is 405 g/mol. The Morgan fingerprint density at radius 3 is 2.79 bits per heavy atom. The second-order valence-corrected chi connectivity index (χ2v) is 7.92. The fourth-order valence-electron chi connectivity index (χ4n) is 4.56. The quantitative estimate of drug-likeness (QED) is 0.770. The van der Waals surface area contributed by atoms with Crippen LogP contribution in [0.15, 0.2) is 30.5 Å². The summed E-state index contributed by atoms with van der Waals surface area (Å²) >= 11 is 0. The van der Waals surface area contributed by atoms with Gasteiger partial charge in [0.25, 0.3) is 0 Å². The number of para-hydroxylation sites is 1. The van der Waals surface area contributed by atoms with Crippen molar-refractivity contribution in [3.63, 3.8) is 0 Å². The van der Waals surface area contributed by atoms with Gasteiger partial charge < -0.3 is 19.9 Å². The molecule has 1 saturated carbocycles. The highest BCUT2D eigenvalue weighted by Crippen LogP contribution is 2.25. The zero-order valence-electron chi connectivity index (χ0n) is 16.5. The number of aromatic amines is 1. The first-order chi connectivity index (χ1) is 13.3. The second kappa shape index (κ2) is 10.3. The summed E-state index contributed by atoms with van der Waals surface area (Å²) in [5, 5.41) is 4.70. The molecule has 0 spiro atoms. The lowest BCUT2D eigenvalue weighted by atomic mass is 9.93. The first-order valence-electron chi connectivity index (χ1n) is 10.5. The molecule has 1 aromatic carbocycles. The van der Waals surface area contributed by atoms with Crippen LogP contribution in [0, 0.1) is 0 Å². The van der Waals surface area contributed by atoms with Gasteiger partial charge in [-0.1, -0.05) is 37.5 Å². The van der Waals surface area contributed by atoms with Crippen LogP contribution in [0.1, 0.15) is 44.1 Å². The highest BCUT2D eigenvalue weighted by molar-refractivity contribution is 5.85. The molecule has 0 radical (unpaired) electrons.